The van der Waals surface area contributed by atoms with E-state index in [4.69, 9.17) is 81.7 Å². The standard InChI is InChI=1S/C12H27NO.C11H25NO.2C10H23NO.C9H21NO.C8H15NO.C7H17NO2.2C7H17NO.C6H15NO2.2C5H13NO2/c1-3-5-9-13(10-6-4-2)11-7-8-12-14;1-3-5-8-12(9-6-4-2)10-7-11-13;1-3-11(4-2)9-7-5-6-8-10-12;1-3-5-7-11(9-10-12)8-6-4-2;1-4-10(5-2)8-6-7-9(3)11;1-8(2,10)6-5-7-9(3)4;1-3-8(4-2)5-7(10)6-9;1-4-8(5-2)6-7(3)9;1-3-8(4-2)6-5-7-9;1-2-7(3-5-8)4-6-9;1-6(2)3-5(8)4-7;1-6(2-4-7)3-5-8/h14H,3-12H2,1-2H3;13H,3-11H2,1-2H3;2*12H,3-10H2,1-2H3;9,11H,4-8H2,1-3H3;10H,7H2,1-4H3;7,9-10H,3-6H2,1-2H3;7,9H,4-6H2,1-3H3;9H,3-7H2,1-2H3;8-9H,2-6H2,1H3;5,7-8H,3-4H2,1-2H3;7-8H,2-5H2,1H3. The second-order valence-electron chi connectivity index (χ2n) is 32.7. The summed E-state index contributed by atoms with van der Waals surface area (Å²) >= 11 is 0. The molecule has 28 nitrogen and oxygen atoms in total. The third-order valence-electron chi connectivity index (χ3n) is 19.5. The molecule has 28 heteroatoms. The Morgan fingerprint density at radius 1 is 0.248 bits per heavy atom. The van der Waals surface area contributed by atoms with Gasteiger partial charge in [0.1, 0.15) is 5.60 Å². The summed E-state index contributed by atoms with van der Waals surface area (Å²) in [4.78, 5) is 26.4. The van der Waals surface area contributed by atoms with Gasteiger partial charge < -0.3 is 131 Å². The van der Waals surface area contributed by atoms with Gasteiger partial charge in [-0.1, -0.05) is 181 Å². The van der Waals surface area contributed by atoms with Crippen molar-refractivity contribution in [1.29, 1.82) is 0 Å². The van der Waals surface area contributed by atoms with Gasteiger partial charge in [0.2, 0.25) is 0 Å². The molecule has 0 fully saturated rings. The summed E-state index contributed by atoms with van der Waals surface area (Å²) in [6.45, 7) is 76.1. The van der Waals surface area contributed by atoms with Crippen molar-refractivity contribution in [1.82, 2.24) is 58.8 Å². The number of aliphatic hydroxyl groups is 16. The predicted molar refractivity (Wildman–Crippen MR) is 538 cm³/mol. The molecule has 4 unspecified atom stereocenters. The zero-order valence-electron chi connectivity index (χ0n) is 87.6. The second kappa shape index (κ2) is 129. The molecule has 0 saturated carbocycles. The van der Waals surface area contributed by atoms with E-state index in [9.17, 15) is 0 Å². The maximum absolute atomic E-state index is 9.14. The molecule has 125 heavy (non-hydrogen) atoms. The highest BCUT2D eigenvalue weighted by Gasteiger charge is 2.10. The van der Waals surface area contributed by atoms with Gasteiger partial charge in [-0.05, 0) is 284 Å². The Morgan fingerprint density at radius 2 is 0.504 bits per heavy atom. The molecule has 16 N–H and O–H groups in total. The molecule has 0 aliphatic carbocycles. The molecule has 0 bridgehead atoms. The monoisotopic (exact) mass is 1820 g/mol. The Hall–Kier alpha value is -1.56. The van der Waals surface area contributed by atoms with E-state index in [1.807, 2.05) is 89.5 Å². The minimum absolute atomic E-state index is 0.134. The zero-order valence-corrected chi connectivity index (χ0v) is 87.6. The summed E-state index contributed by atoms with van der Waals surface area (Å²) in [5.74, 6) is 5.57. The fraction of sp³-hybridized carbons (Fsp3) is 0.979. The van der Waals surface area contributed by atoms with Gasteiger partial charge in [-0.25, -0.2) is 0 Å². The molecule has 0 heterocycles. The highest BCUT2D eigenvalue weighted by molar-refractivity contribution is 5.10. The first kappa shape index (κ1) is 149. The maximum atomic E-state index is 9.14. The van der Waals surface area contributed by atoms with Crippen LogP contribution in [0.5, 0.6) is 0 Å². The molecule has 4 atom stereocenters. The number of likely N-dealkylation sites (N-methyl/N-ethyl adjacent to an activating group) is 5. The average molecular weight is 1820 g/mol. The van der Waals surface area contributed by atoms with E-state index in [2.05, 4.69) is 148 Å². The molecule has 0 spiro atoms. The normalized spacial score (nSPS) is 11.9. The van der Waals surface area contributed by atoms with Gasteiger partial charge in [0.25, 0.3) is 0 Å². The van der Waals surface area contributed by atoms with Crippen molar-refractivity contribution in [2.75, 3.05) is 311 Å². The van der Waals surface area contributed by atoms with Crippen LogP contribution in [-0.4, -0.2) is 481 Å². The predicted octanol–water partition coefficient (Wildman–Crippen LogP) is 8.70. The van der Waals surface area contributed by atoms with Crippen LogP contribution in [0.25, 0.3) is 0 Å². The Labute approximate surface area is 776 Å². The number of rotatable bonds is 68. The van der Waals surface area contributed by atoms with Crippen LogP contribution in [0.4, 0.5) is 0 Å². The minimum atomic E-state index is -0.851. The van der Waals surface area contributed by atoms with E-state index in [1.165, 1.54) is 136 Å². The van der Waals surface area contributed by atoms with Crippen LogP contribution in [0.15, 0.2) is 0 Å². The molecular formula is C97H226N12O16. The minimum Gasteiger partial charge on any atom is -0.396 e. The molecule has 0 saturated heterocycles. The van der Waals surface area contributed by atoms with E-state index < -0.39 is 17.8 Å². The van der Waals surface area contributed by atoms with Gasteiger partial charge >= 0.3 is 0 Å². The van der Waals surface area contributed by atoms with Crippen LogP contribution in [-0.2, 0) is 0 Å². The average Bonchev–Trinajstić information content (AvgIpc) is 0.971. The summed E-state index contributed by atoms with van der Waals surface area (Å²) in [6, 6.07) is 0. The van der Waals surface area contributed by atoms with Crippen molar-refractivity contribution in [3.63, 3.8) is 0 Å². The number of nitrogens with zero attached hydrogens (tertiary/aromatic N) is 12. The molecule has 0 aliphatic rings. The number of aliphatic hydroxyl groups excluding tert-OH is 15. The summed E-state index contributed by atoms with van der Waals surface area (Å²) in [5, 5.41) is 139. The van der Waals surface area contributed by atoms with Gasteiger partial charge in [-0.2, -0.15) is 0 Å². The Balaban J connectivity index is -0.000000112. The highest BCUT2D eigenvalue weighted by Crippen LogP contribution is 2.06. The molecular weight excluding hydrogens is 1590 g/mol. The van der Waals surface area contributed by atoms with Crippen LogP contribution in [0.3, 0.4) is 0 Å². The molecule has 0 rings (SSSR count). The van der Waals surface area contributed by atoms with Gasteiger partial charge in [0, 0.05) is 91.9 Å². The first-order valence-electron chi connectivity index (χ1n) is 49.8. The third kappa shape index (κ3) is 151. The van der Waals surface area contributed by atoms with Gasteiger partial charge in [0.15, 0.2) is 0 Å². The van der Waals surface area contributed by atoms with Crippen molar-refractivity contribution in [2.24, 2.45) is 0 Å². The molecule has 0 aliphatic heterocycles. The topological polar surface area (TPSA) is 363 Å². The lowest BCUT2D eigenvalue weighted by Crippen LogP contribution is -2.33. The Morgan fingerprint density at radius 3 is 0.760 bits per heavy atom. The maximum Gasteiger partial charge on any atom is 0.120 e. The summed E-state index contributed by atoms with van der Waals surface area (Å²) < 4.78 is 0. The lowest BCUT2D eigenvalue weighted by molar-refractivity contribution is 0.0623. The van der Waals surface area contributed by atoms with Crippen LogP contribution in [0.2, 0.25) is 0 Å². The zero-order chi connectivity index (χ0) is 98.4. The van der Waals surface area contributed by atoms with Crippen LogP contribution in [0.1, 0.15) is 287 Å². The van der Waals surface area contributed by atoms with Gasteiger partial charge in [-0.15, -0.1) is 0 Å². The third-order valence-corrected chi connectivity index (χ3v) is 19.5. The van der Waals surface area contributed by atoms with Crippen molar-refractivity contribution in [3.05, 3.63) is 0 Å². The van der Waals surface area contributed by atoms with Crippen LogP contribution in [0, 0.1) is 11.8 Å². The summed E-state index contributed by atoms with van der Waals surface area (Å²) in [7, 11) is 9.43. The highest BCUT2D eigenvalue weighted by atomic mass is 16.3. The van der Waals surface area contributed by atoms with E-state index in [0.29, 0.717) is 78.8 Å². The first-order valence-corrected chi connectivity index (χ1v) is 49.8. The summed E-state index contributed by atoms with van der Waals surface area (Å²) in [5.41, 5.74) is -0.851. The largest absolute Gasteiger partial charge is 0.396 e. The van der Waals surface area contributed by atoms with Crippen molar-refractivity contribution in [2.45, 2.75) is 317 Å². The van der Waals surface area contributed by atoms with Crippen molar-refractivity contribution in [3.8, 4) is 11.8 Å². The Bertz CT molecular complexity index is 1800. The second-order valence-corrected chi connectivity index (χ2v) is 32.7. The smallest absolute Gasteiger partial charge is 0.120 e. The van der Waals surface area contributed by atoms with Crippen molar-refractivity contribution < 1.29 is 81.7 Å². The lowest BCUT2D eigenvalue weighted by Gasteiger charge is -2.21. The Kier molecular flexibility index (Phi) is 153. The number of hydrogen-bond acceptors (Lipinski definition) is 28. The fourth-order valence-electron chi connectivity index (χ4n) is 11.3. The summed E-state index contributed by atoms with van der Waals surface area (Å²) in [6.07, 6.45) is 24.4. The number of unbranched alkanes of at least 4 members (excludes halogenated alkanes) is 10. The van der Waals surface area contributed by atoms with Gasteiger partial charge in [-0.3, -0.25) is 9.80 Å². The molecule has 0 aromatic carbocycles. The molecule has 770 valence electrons. The van der Waals surface area contributed by atoms with Crippen LogP contribution < -0.4 is 0 Å². The van der Waals surface area contributed by atoms with Crippen molar-refractivity contribution >= 4 is 0 Å². The number of hydrogen-bond donors (Lipinski definition) is 16. The van der Waals surface area contributed by atoms with Crippen LogP contribution >= 0.6 is 0 Å². The quantitative estimate of drug-likeness (QED) is 0.0200. The molecule has 0 radical (unpaired) electrons. The molecule has 0 amide bonds. The van der Waals surface area contributed by atoms with E-state index >= 15 is 0 Å². The molecule has 0 aromatic heterocycles. The first-order chi connectivity index (χ1) is 59.6. The fourth-order valence-corrected chi connectivity index (χ4v) is 11.3. The van der Waals surface area contributed by atoms with E-state index in [1.54, 1.807) is 13.8 Å². The SMILES string of the molecule is CCCCN(CCCC)CCCCO.CCCCN(CCCC)CCCO.CCCCN(CCO)CCCC.CCN(CC)CC(C)O.CCN(CC)CC(O)CO.CCN(CC)CCCC(C)O.CCN(CC)CCCCCCO.CCN(CC)CCCO.CCN(CCO)CCO.CN(C)CC#CC(C)(C)O.CN(C)CC(O)CO.CN(CCO)CCO. The van der Waals surface area contributed by atoms with Gasteiger partial charge in [0.05, 0.1) is 77.2 Å². The van der Waals surface area contributed by atoms with E-state index in [-0.39, 0.29) is 51.8 Å². The van der Waals surface area contributed by atoms with E-state index in [0.717, 1.165) is 163 Å². The molecule has 0 aromatic rings. The lowest BCUT2D eigenvalue weighted by atomic mass is 10.1.